The van der Waals surface area contributed by atoms with Gasteiger partial charge in [0.05, 0.1) is 0 Å². The van der Waals surface area contributed by atoms with E-state index < -0.39 is 0 Å². The van der Waals surface area contributed by atoms with Crippen molar-refractivity contribution in [1.29, 1.82) is 0 Å². The second kappa shape index (κ2) is 6.59. The van der Waals surface area contributed by atoms with Gasteiger partial charge in [0.25, 0.3) is 0 Å². The Hall–Kier alpha value is -0.530. The van der Waals surface area contributed by atoms with Crippen LogP contribution < -0.4 is 5.73 Å². The van der Waals surface area contributed by atoms with E-state index >= 15 is 0 Å². The second-order valence-electron chi connectivity index (χ2n) is 1.69. The van der Waals surface area contributed by atoms with E-state index in [1.54, 1.807) is 0 Å². The molecule has 0 radical (unpaired) electrons. The molecule has 0 saturated carbocycles. The average Bonchev–Trinajstić information content (AvgIpc) is 2.10. The van der Waals surface area contributed by atoms with Crippen LogP contribution in [0.2, 0.25) is 0 Å². The van der Waals surface area contributed by atoms with Crippen molar-refractivity contribution in [3.8, 4) is 0 Å². The van der Waals surface area contributed by atoms with Gasteiger partial charge < -0.3 is 5.73 Å². The fourth-order valence-corrected chi connectivity index (χ4v) is 0.614. The highest BCUT2D eigenvalue weighted by Gasteiger charge is 1.80. The maximum absolute atomic E-state index is 5.35. The van der Waals surface area contributed by atoms with Crippen molar-refractivity contribution in [3.05, 3.63) is 35.9 Å². The third-order valence-corrected chi connectivity index (χ3v) is 1.08. The summed E-state index contributed by atoms with van der Waals surface area (Å²) in [5, 5.41) is 0. The van der Waals surface area contributed by atoms with Gasteiger partial charge >= 0.3 is 0 Å². The predicted molar refractivity (Wildman–Crippen MR) is 46.1 cm³/mol. The molecule has 1 aromatic carbocycles. The first kappa shape index (κ1) is 9.47. The summed E-state index contributed by atoms with van der Waals surface area (Å²) in [4.78, 5) is 0. The quantitative estimate of drug-likeness (QED) is 0.620. The van der Waals surface area contributed by atoms with Gasteiger partial charge in [0, 0.05) is 12.9 Å². The van der Waals surface area contributed by atoms with Gasteiger partial charge in [0.1, 0.15) is 0 Å². The van der Waals surface area contributed by atoms with E-state index in [1.807, 2.05) is 30.3 Å². The lowest BCUT2D eigenvalue weighted by molar-refractivity contribution is 1.07. The number of hydrogen-bond donors (Lipinski definition) is 1. The van der Waals surface area contributed by atoms with Gasteiger partial charge in [-0.05, 0) is 5.56 Å². The standard InChI is InChI=1S/C7H9N.CH3Cl/c8-6-7-4-2-1-3-5-7;1-2/h1-5H,6,8H2;1H3. The number of nitrogens with two attached hydrogens (primary N) is 1. The summed E-state index contributed by atoms with van der Waals surface area (Å²) < 4.78 is 0. The van der Waals surface area contributed by atoms with Gasteiger partial charge in [0.15, 0.2) is 0 Å². The summed E-state index contributed by atoms with van der Waals surface area (Å²) in [6.45, 7) is 0.640. The lowest BCUT2D eigenvalue weighted by atomic mass is 10.2. The number of rotatable bonds is 1. The van der Waals surface area contributed by atoms with E-state index in [1.165, 1.54) is 11.9 Å². The van der Waals surface area contributed by atoms with Gasteiger partial charge in [0.2, 0.25) is 0 Å². The van der Waals surface area contributed by atoms with Gasteiger partial charge in [-0.25, -0.2) is 0 Å². The van der Waals surface area contributed by atoms with Crippen molar-refractivity contribution in [3.63, 3.8) is 0 Å². The van der Waals surface area contributed by atoms with Gasteiger partial charge in [-0.3, -0.25) is 0 Å². The lowest BCUT2D eigenvalue weighted by Crippen LogP contribution is -1.94. The lowest BCUT2D eigenvalue weighted by Gasteiger charge is -1.90. The van der Waals surface area contributed by atoms with Crippen LogP contribution in [0.3, 0.4) is 0 Å². The third-order valence-electron chi connectivity index (χ3n) is 1.08. The first-order valence-corrected chi connectivity index (χ1v) is 3.81. The van der Waals surface area contributed by atoms with Crippen LogP contribution in [0.4, 0.5) is 0 Å². The van der Waals surface area contributed by atoms with Crippen molar-refractivity contribution < 1.29 is 0 Å². The maximum atomic E-state index is 5.35. The van der Waals surface area contributed by atoms with Crippen LogP contribution in [0.25, 0.3) is 0 Å². The van der Waals surface area contributed by atoms with Crippen LogP contribution in [0.1, 0.15) is 5.56 Å². The molecular weight excluding hydrogens is 146 g/mol. The highest BCUT2D eigenvalue weighted by Crippen LogP contribution is 1.94. The monoisotopic (exact) mass is 157 g/mol. The van der Waals surface area contributed by atoms with Crippen LogP contribution in [0.5, 0.6) is 0 Å². The Bertz CT molecular complexity index is 151. The molecule has 56 valence electrons. The Kier molecular flexibility index (Phi) is 6.24. The molecule has 0 aliphatic rings. The number of hydrogen-bond acceptors (Lipinski definition) is 1. The Morgan fingerprint density at radius 1 is 1.20 bits per heavy atom. The van der Waals surface area contributed by atoms with E-state index in [-0.39, 0.29) is 0 Å². The molecule has 2 N–H and O–H groups in total. The molecule has 0 amide bonds. The molecule has 0 unspecified atom stereocenters. The highest BCUT2D eigenvalue weighted by atomic mass is 35.5. The highest BCUT2D eigenvalue weighted by molar-refractivity contribution is 6.15. The molecule has 0 heterocycles. The minimum Gasteiger partial charge on any atom is -0.326 e. The Morgan fingerprint density at radius 3 is 2.00 bits per heavy atom. The number of benzene rings is 1. The Morgan fingerprint density at radius 2 is 1.70 bits per heavy atom. The van der Waals surface area contributed by atoms with Crippen LogP contribution >= 0.6 is 11.6 Å². The second-order valence-corrected chi connectivity index (χ2v) is 1.69. The largest absolute Gasteiger partial charge is 0.326 e. The zero-order chi connectivity index (χ0) is 7.82. The summed E-state index contributed by atoms with van der Waals surface area (Å²) in [5.74, 6) is 0. The molecule has 0 aromatic heterocycles. The van der Waals surface area contributed by atoms with Crippen LogP contribution in [0.15, 0.2) is 30.3 Å². The summed E-state index contributed by atoms with van der Waals surface area (Å²) in [5.41, 5.74) is 6.54. The number of halogens is 1. The molecule has 2 heteroatoms. The molecule has 0 bridgehead atoms. The first-order valence-electron chi connectivity index (χ1n) is 3.05. The Labute approximate surface area is 66.8 Å². The molecule has 1 nitrogen and oxygen atoms in total. The molecule has 1 rings (SSSR count). The topological polar surface area (TPSA) is 26.0 Å². The molecule has 0 aliphatic heterocycles. The fraction of sp³-hybridized carbons (Fsp3) is 0.250. The minimum atomic E-state index is 0.640. The van der Waals surface area contributed by atoms with E-state index in [9.17, 15) is 0 Å². The molecule has 0 aliphatic carbocycles. The molecule has 10 heavy (non-hydrogen) atoms. The third kappa shape index (κ3) is 3.49. The van der Waals surface area contributed by atoms with Crippen LogP contribution in [0, 0.1) is 0 Å². The molecule has 0 atom stereocenters. The van der Waals surface area contributed by atoms with Crippen LogP contribution in [-0.4, -0.2) is 6.38 Å². The molecular formula is C8H12ClN. The van der Waals surface area contributed by atoms with E-state index in [0.717, 1.165) is 0 Å². The predicted octanol–water partition coefficient (Wildman–Crippen LogP) is 2.00. The molecule has 1 aromatic rings. The number of alkyl halides is 1. The summed E-state index contributed by atoms with van der Waals surface area (Å²) in [7, 11) is 0. The maximum Gasteiger partial charge on any atom is 0.0178 e. The summed E-state index contributed by atoms with van der Waals surface area (Å²) in [6, 6.07) is 9.99. The van der Waals surface area contributed by atoms with Crippen molar-refractivity contribution in [1.82, 2.24) is 0 Å². The normalized spacial score (nSPS) is 7.90. The van der Waals surface area contributed by atoms with Crippen molar-refractivity contribution in [2.45, 2.75) is 6.54 Å². The average molecular weight is 158 g/mol. The molecule has 0 spiro atoms. The van der Waals surface area contributed by atoms with Crippen LogP contribution in [-0.2, 0) is 6.54 Å². The van der Waals surface area contributed by atoms with E-state index in [2.05, 4.69) is 11.6 Å². The fourth-order valence-electron chi connectivity index (χ4n) is 0.614. The smallest absolute Gasteiger partial charge is 0.0178 e. The molecule has 0 saturated heterocycles. The minimum absolute atomic E-state index is 0.640. The molecule has 0 fully saturated rings. The van der Waals surface area contributed by atoms with Gasteiger partial charge in [-0.1, -0.05) is 30.3 Å². The summed E-state index contributed by atoms with van der Waals surface area (Å²) >= 11 is 4.64. The summed E-state index contributed by atoms with van der Waals surface area (Å²) in [6.07, 6.45) is 1.47. The Balaban J connectivity index is 0.000000371. The first-order chi connectivity index (χ1) is 4.93. The van der Waals surface area contributed by atoms with E-state index in [4.69, 9.17) is 5.73 Å². The van der Waals surface area contributed by atoms with Crippen molar-refractivity contribution in [2.75, 3.05) is 6.38 Å². The van der Waals surface area contributed by atoms with Crippen molar-refractivity contribution in [2.24, 2.45) is 5.73 Å². The van der Waals surface area contributed by atoms with Gasteiger partial charge in [-0.2, -0.15) is 0 Å². The van der Waals surface area contributed by atoms with Crippen molar-refractivity contribution >= 4 is 11.6 Å². The SMILES string of the molecule is CCl.NCc1ccccc1. The van der Waals surface area contributed by atoms with Gasteiger partial charge in [-0.15, -0.1) is 11.6 Å². The zero-order valence-electron chi connectivity index (χ0n) is 6.05. The van der Waals surface area contributed by atoms with E-state index in [0.29, 0.717) is 6.54 Å². The zero-order valence-corrected chi connectivity index (χ0v) is 6.81.